The lowest BCUT2D eigenvalue weighted by molar-refractivity contribution is 0.0976. The van der Waals surface area contributed by atoms with Gasteiger partial charge >= 0.3 is 0 Å². The van der Waals surface area contributed by atoms with Crippen molar-refractivity contribution in [3.63, 3.8) is 0 Å². The van der Waals surface area contributed by atoms with Crippen LogP contribution in [0.15, 0.2) is 18.5 Å². The summed E-state index contributed by atoms with van der Waals surface area (Å²) in [5.74, 6) is -2.35. The van der Waals surface area contributed by atoms with Gasteiger partial charge in [0.2, 0.25) is 0 Å². The summed E-state index contributed by atoms with van der Waals surface area (Å²) < 4.78 is 26.4. The second-order valence-electron chi connectivity index (χ2n) is 4.28. The van der Waals surface area contributed by atoms with E-state index in [-0.39, 0.29) is 5.69 Å². The van der Waals surface area contributed by atoms with Crippen molar-refractivity contribution in [2.75, 3.05) is 11.4 Å². The standard InChI is InChI=1S/C12H10F2N4O/c13-7-4-8(14)11(15-5-7)12(19)18-3-1-2-9-10(18)6-16-17-9/h4-6H,1-3H2,(H,16,17). The highest BCUT2D eigenvalue weighted by molar-refractivity contribution is 6.05. The minimum Gasteiger partial charge on any atom is -0.304 e. The van der Waals surface area contributed by atoms with Crippen LogP contribution in [-0.4, -0.2) is 27.6 Å². The Labute approximate surface area is 107 Å². The zero-order valence-electron chi connectivity index (χ0n) is 9.86. The van der Waals surface area contributed by atoms with Crippen LogP contribution in [0.4, 0.5) is 14.5 Å². The monoisotopic (exact) mass is 264 g/mol. The van der Waals surface area contributed by atoms with E-state index in [9.17, 15) is 13.6 Å². The molecular weight excluding hydrogens is 254 g/mol. The summed E-state index contributed by atoms with van der Waals surface area (Å²) in [4.78, 5) is 17.2. The molecule has 2 aromatic heterocycles. The number of hydrogen-bond acceptors (Lipinski definition) is 3. The summed E-state index contributed by atoms with van der Waals surface area (Å²) in [5, 5.41) is 6.67. The summed E-state index contributed by atoms with van der Waals surface area (Å²) in [6, 6.07) is 0.653. The molecule has 0 saturated heterocycles. The highest BCUT2D eigenvalue weighted by Crippen LogP contribution is 2.26. The molecule has 19 heavy (non-hydrogen) atoms. The van der Waals surface area contributed by atoms with Gasteiger partial charge in [-0.25, -0.2) is 13.8 Å². The lowest BCUT2D eigenvalue weighted by Gasteiger charge is -2.26. The average molecular weight is 264 g/mol. The van der Waals surface area contributed by atoms with Crippen molar-refractivity contribution in [3.05, 3.63) is 41.5 Å². The number of hydrogen-bond donors (Lipinski definition) is 1. The number of carbonyl (C=O) groups excluding carboxylic acids is 1. The van der Waals surface area contributed by atoms with E-state index in [0.717, 1.165) is 24.7 Å². The van der Waals surface area contributed by atoms with Crippen molar-refractivity contribution in [3.8, 4) is 0 Å². The van der Waals surface area contributed by atoms with E-state index in [2.05, 4.69) is 15.2 Å². The number of aromatic amines is 1. The summed E-state index contributed by atoms with van der Waals surface area (Å²) in [6.45, 7) is 0.462. The van der Waals surface area contributed by atoms with Crippen LogP contribution in [0.5, 0.6) is 0 Å². The third kappa shape index (κ3) is 1.96. The molecule has 0 aromatic carbocycles. The predicted octanol–water partition coefficient (Wildman–Crippen LogP) is 1.68. The van der Waals surface area contributed by atoms with Crippen LogP contribution in [0.25, 0.3) is 0 Å². The molecule has 3 heterocycles. The number of carbonyl (C=O) groups is 1. The molecule has 3 rings (SSSR count). The fourth-order valence-corrected chi connectivity index (χ4v) is 2.17. The lowest BCUT2D eigenvalue weighted by atomic mass is 10.1. The summed E-state index contributed by atoms with van der Waals surface area (Å²) in [5.41, 5.74) is 1.08. The SMILES string of the molecule is O=C(c1ncc(F)cc1F)N1CCCc2[nH]ncc21. The average Bonchev–Trinajstić information content (AvgIpc) is 2.86. The van der Waals surface area contributed by atoms with Gasteiger partial charge in [-0.1, -0.05) is 0 Å². The summed E-state index contributed by atoms with van der Waals surface area (Å²) in [6.07, 6.45) is 3.90. The van der Waals surface area contributed by atoms with Crippen molar-refractivity contribution >= 4 is 11.6 Å². The zero-order valence-corrected chi connectivity index (χ0v) is 9.86. The Morgan fingerprint density at radius 3 is 3.00 bits per heavy atom. The van der Waals surface area contributed by atoms with Crippen LogP contribution in [0, 0.1) is 11.6 Å². The molecule has 0 fully saturated rings. The van der Waals surface area contributed by atoms with E-state index in [0.29, 0.717) is 18.3 Å². The van der Waals surface area contributed by atoms with E-state index in [1.807, 2.05) is 0 Å². The zero-order chi connectivity index (χ0) is 13.4. The molecule has 7 heteroatoms. The molecule has 98 valence electrons. The quantitative estimate of drug-likeness (QED) is 0.852. The Bertz CT molecular complexity index is 640. The van der Waals surface area contributed by atoms with Gasteiger partial charge in [0.25, 0.3) is 5.91 Å². The number of rotatable bonds is 1. The van der Waals surface area contributed by atoms with Gasteiger partial charge in [-0.15, -0.1) is 0 Å². The maximum absolute atomic E-state index is 13.6. The number of aromatic nitrogens is 3. The Hall–Kier alpha value is -2.31. The molecule has 0 spiro atoms. The molecule has 2 aromatic rings. The molecule has 0 aliphatic carbocycles. The number of amides is 1. The van der Waals surface area contributed by atoms with Gasteiger partial charge in [-0.2, -0.15) is 5.10 Å². The summed E-state index contributed by atoms with van der Waals surface area (Å²) >= 11 is 0. The second kappa shape index (κ2) is 4.42. The van der Waals surface area contributed by atoms with Gasteiger partial charge in [-0.3, -0.25) is 9.89 Å². The number of H-pyrrole nitrogens is 1. The molecule has 5 nitrogen and oxygen atoms in total. The number of halogens is 2. The highest BCUT2D eigenvalue weighted by atomic mass is 19.1. The molecule has 0 unspecified atom stereocenters. The molecule has 0 saturated carbocycles. The second-order valence-corrected chi connectivity index (χ2v) is 4.28. The van der Waals surface area contributed by atoms with Gasteiger partial charge in [0.15, 0.2) is 11.5 Å². The minimum absolute atomic E-state index is 0.379. The molecule has 0 radical (unpaired) electrons. The molecule has 1 aliphatic rings. The van der Waals surface area contributed by atoms with Crippen molar-refractivity contribution in [1.29, 1.82) is 0 Å². The van der Waals surface area contributed by atoms with Crippen molar-refractivity contribution < 1.29 is 13.6 Å². The fraction of sp³-hybridized carbons (Fsp3) is 0.250. The third-order valence-corrected chi connectivity index (χ3v) is 3.05. The Morgan fingerprint density at radius 1 is 1.37 bits per heavy atom. The Kier molecular flexibility index (Phi) is 2.73. The molecular formula is C12H10F2N4O. The maximum atomic E-state index is 13.6. The van der Waals surface area contributed by atoms with Crippen LogP contribution in [-0.2, 0) is 6.42 Å². The number of pyridine rings is 1. The first kappa shape index (κ1) is 11.8. The van der Waals surface area contributed by atoms with E-state index >= 15 is 0 Å². The number of nitrogens with one attached hydrogen (secondary N) is 1. The van der Waals surface area contributed by atoms with E-state index in [1.54, 1.807) is 0 Å². The predicted molar refractivity (Wildman–Crippen MR) is 62.7 cm³/mol. The van der Waals surface area contributed by atoms with E-state index < -0.39 is 17.5 Å². The minimum atomic E-state index is -0.958. The normalized spacial score (nSPS) is 14.3. The molecule has 0 atom stereocenters. The first-order valence-corrected chi connectivity index (χ1v) is 5.82. The number of anilines is 1. The molecule has 1 aliphatic heterocycles. The smallest absolute Gasteiger partial charge is 0.280 e. The summed E-state index contributed by atoms with van der Waals surface area (Å²) in [7, 11) is 0. The highest BCUT2D eigenvalue weighted by Gasteiger charge is 2.27. The van der Waals surface area contributed by atoms with Crippen molar-refractivity contribution in [1.82, 2.24) is 15.2 Å². The molecule has 0 bridgehead atoms. The van der Waals surface area contributed by atoms with Crippen LogP contribution >= 0.6 is 0 Å². The number of aryl methyl sites for hydroxylation is 1. The first-order valence-electron chi connectivity index (χ1n) is 5.82. The lowest BCUT2D eigenvalue weighted by Crippen LogP contribution is -2.36. The Morgan fingerprint density at radius 2 is 2.21 bits per heavy atom. The van der Waals surface area contributed by atoms with Gasteiger partial charge in [0.1, 0.15) is 5.82 Å². The van der Waals surface area contributed by atoms with Gasteiger partial charge in [-0.05, 0) is 12.8 Å². The van der Waals surface area contributed by atoms with Gasteiger partial charge in [0, 0.05) is 12.6 Å². The van der Waals surface area contributed by atoms with Crippen molar-refractivity contribution in [2.45, 2.75) is 12.8 Å². The topological polar surface area (TPSA) is 61.9 Å². The number of nitrogens with zero attached hydrogens (tertiary/aromatic N) is 3. The van der Waals surface area contributed by atoms with Crippen molar-refractivity contribution in [2.24, 2.45) is 0 Å². The molecule has 1 amide bonds. The number of fused-ring (bicyclic) bond motifs is 1. The maximum Gasteiger partial charge on any atom is 0.280 e. The van der Waals surface area contributed by atoms with Crippen LogP contribution in [0.1, 0.15) is 22.6 Å². The van der Waals surface area contributed by atoms with Crippen LogP contribution < -0.4 is 4.90 Å². The van der Waals surface area contributed by atoms with Gasteiger partial charge < -0.3 is 4.90 Å². The third-order valence-electron chi connectivity index (χ3n) is 3.05. The first-order chi connectivity index (χ1) is 9.16. The van der Waals surface area contributed by atoms with Gasteiger partial charge in [0.05, 0.1) is 23.8 Å². The fourth-order valence-electron chi connectivity index (χ4n) is 2.17. The Balaban J connectivity index is 1.98. The largest absolute Gasteiger partial charge is 0.304 e. The molecule has 1 N–H and O–H groups in total. The van der Waals surface area contributed by atoms with Crippen LogP contribution in [0.2, 0.25) is 0 Å². The van der Waals surface area contributed by atoms with E-state index in [4.69, 9.17) is 0 Å². The van der Waals surface area contributed by atoms with E-state index in [1.165, 1.54) is 11.1 Å². The van der Waals surface area contributed by atoms with Crippen LogP contribution in [0.3, 0.4) is 0 Å².